The van der Waals surface area contributed by atoms with Gasteiger partial charge in [-0.05, 0) is 6.92 Å². The molecule has 0 saturated carbocycles. The number of hydrogen-bond acceptors (Lipinski definition) is 1. The summed E-state index contributed by atoms with van der Waals surface area (Å²) in [4.78, 5) is 12.5. The summed E-state index contributed by atoms with van der Waals surface area (Å²) < 4.78 is 0. The van der Waals surface area contributed by atoms with Crippen LogP contribution in [0.3, 0.4) is 0 Å². The fourth-order valence-electron chi connectivity index (χ4n) is 0.926. The van der Waals surface area contributed by atoms with Gasteiger partial charge in [-0.2, -0.15) is 13.0 Å². The second-order valence-corrected chi connectivity index (χ2v) is 2.32. The number of hydrogen-bond donors (Lipinski definition) is 0. The number of amides is 1. The van der Waals surface area contributed by atoms with E-state index in [4.69, 9.17) is 0 Å². The van der Waals surface area contributed by atoms with Gasteiger partial charge >= 0.3 is 32.7 Å². The Morgan fingerprint density at radius 1 is 1.54 bits per heavy atom. The molecule has 1 aliphatic heterocycles. The van der Waals surface area contributed by atoms with Gasteiger partial charge in [-0.3, -0.25) is 10.9 Å². The molecule has 1 atom stereocenters. The van der Waals surface area contributed by atoms with Crippen molar-refractivity contribution in [3.8, 4) is 0 Å². The molecule has 0 radical (unpaired) electrons. The zero-order chi connectivity index (χ0) is 9.56. The predicted octanol–water partition coefficient (Wildman–Crippen LogP) is 1.95. The molecule has 1 rings (SSSR count). The number of nitrogens with zero attached hydrogens (tertiary/aromatic N) is 1. The summed E-state index contributed by atoms with van der Waals surface area (Å²) >= 11 is 0. The minimum atomic E-state index is 0. The van der Waals surface area contributed by atoms with Gasteiger partial charge in [0.1, 0.15) is 0 Å². The normalized spacial score (nSPS) is 18.5. The van der Waals surface area contributed by atoms with Crippen molar-refractivity contribution in [2.24, 2.45) is 0 Å². The number of carbonyl (C=O) groups excluding carboxylic acids is 1. The van der Waals surface area contributed by atoms with Gasteiger partial charge in [0.2, 0.25) is 5.91 Å². The van der Waals surface area contributed by atoms with Crippen molar-refractivity contribution < 1.29 is 37.5 Å². The molecule has 1 aliphatic rings. The van der Waals surface area contributed by atoms with E-state index in [9.17, 15) is 4.79 Å². The third-order valence-corrected chi connectivity index (χ3v) is 1.47. The summed E-state index contributed by atoms with van der Waals surface area (Å²) in [5.41, 5.74) is 0. The van der Waals surface area contributed by atoms with Crippen molar-refractivity contribution in [1.82, 2.24) is 4.90 Å². The van der Waals surface area contributed by atoms with Crippen molar-refractivity contribution >= 4 is 5.91 Å². The fraction of sp³-hybridized carbons (Fsp3) is 0.400. The Morgan fingerprint density at radius 2 is 2.08 bits per heavy atom. The zero-order valence-electron chi connectivity index (χ0n) is 8.45. The molecule has 68 valence electrons. The smallest absolute Gasteiger partial charge is 0.394 e. The topological polar surface area (TPSA) is 20.3 Å². The maximum absolute atomic E-state index is 10.8. The summed E-state index contributed by atoms with van der Waals surface area (Å²) in [5, 5.41) is 0. The third kappa shape index (κ3) is 5.38. The number of carbonyl (C=O) groups is 1. The maximum atomic E-state index is 10.8. The summed E-state index contributed by atoms with van der Waals surface area (Å²) in [6.45, 7) is 8.51. The molecule has 2 nitrogen and oxygen atoms in total. The van der Waals surface area contributed by atoms with Gasteiger partial charge in [0.25, 0.3) is 0 Å². The Bertz CT molecular complexity index is 199. The van der Waals surface area contributed by atoms with E-state index in [-0.39, 0.29) is 44.7 Å². The summed E-state index contributed by atoms with van der Waals surface area (Å²) in [6.07, 6.45) is 8.26. The van der Waals surface area contributed by atoms with Gasteiger partial charge in [0.05, 0.1) is 0 Å². The molecule has 0 saturated heterocycles. The van der Waals surface area contributed by atoms with E-state index in [0.717, 1.165) is 0 Å². The average molecular weight is 254 g/mol. The molecule has 13 heavy (non-hydrogen) atoms. The first-order chi connectivity index (χ1) is 5.72. The average Bonchev–Trinajstić information content (AvgIpc) is 2.08. The molecule has 1 amide bonds. The van der Waals surface area contributed by atoms with Crippen molar-refractivity contribution in [1.29, 1.82) is 0 Å². The van der Waals surface area contributed by atoms with Crippen molar-refractivity contribution in [3.63, 3.8) is 0 Å². The Balaban J connectivity index is 0. The Kier molecular flexibility index (Phi) is 10.3. The predicted molar refractivity (Wildman–Crippen MR) is 50.0 cm³/mol. The molecule has 3 heteroatoms. The largest absolute Gasteiger partial charge is 3.00 e. The summed E-state index contributed by atoms with van der Waals surface area (Å²) in [6, 6.07) is 0.155. The second-order valence-electron chi connectivity index (χ2n) is 2.32. The standard InChI is InChI=1S/C8H10NO.C2H5.Y/c1-7-5-3-4-6-9(7)8(2)10;1-2;/h4-7H,1-2H3;1H2,2H3;/q2*-1;+3. The van der Waals surface area contributed by atoms with Crippen LogP contribution >= 0.6 is 0 Å². The monoisotopic (exact) mass is 254 g/mol. The van der Waals surface area contributed by atoms with Gasteiger partial charge in [-0.25, -0.2) is 6.08 Å². The molecule has 1 heterocycles. The van der Waals surface area contributed by atoms with E-state index in [2.05, 4.69) is 13.0 Å². The second kappa shape index (κ2) is 8.64. The van der Waals surface area contributed by atoms with Gasteiger partial charge in [0.15, 0.2) is 0 Å². The quantitative estimate of drug-likeness (QED) is 0.605. The van der Waals surface area contributed by atoms with E-state index < -0.39 is 0 Å². The molecule has 0 fully saturated rings. The molecule has 0 aromatic rings. The molecule has 1 unspecified atom stereocenters. The SMILES string of the molecule is CC(=O)N1C=C[C-]=CC1C.[CH2-]C.[Y+3]. The van der Waals surface area contributed by atoms with Gasteiger partial charge in [-0.15, -0.1) is 6.20 Å². The van der Waals surface area contributed by atoms with Crippen molar-refractivity contribution in [2.45, 2.75) is 26.8 Å². The molecule has 0 spiro atoms. The summed E-state index contributed by atoms with van der Waals surface area (Å²) in [5.74, 6) is 0.0708. The Labute approximate surface area is 106 Å². The van der Waals surface area contributed by atoms with Crippen LogP contribution in [-0.2, 0) is 37.5 Å². The molecule has 0 aromatic heterocycles. The van der Waals surface area contributed by atoms with Gasteiger partial charge in [0, 0.05) is 13.0 Å². The van der Waals surface area contributed by atoms with Crippen molar-refractivity contribution in [2.75, 3.05) is 0 Å². The maximum Gasteiger partial charge on any atom is 3.00 e. The van der Waals surface area contributed by atoms with E-state index in [0.29, 0.717) is 0 Å². The van der Waals surface area contributed by atoms with Gasteiger partial charge < -0.3 is 11.8 Å². The van der Waals surface area contributed by atoms with Crippen molar-refractivity contribution in [3.05, 3.63) is 31.4 Å². The minimum Gasteiger partial charge on any atom is -0.394 e. The minimum absolute atomic E-state index is 0. The third-order valence-electron chi connectivity index (χ3n) is 1.47. The molecule has 0 aromatic carbocycles. The molecule has 0 aliphatic carbocycles. The van der Waals surface area contributed by atoms with Crippen LogP contribution in [0.5, 0.6) is 0 Å². The first-order valence-electron chi connectivity index (χ1n) is 3.97. The summed E-state index contributed by atoms with van der Waals surface area (Å²) in [7, 11) is 0. The van der Waals surface area contributed by atoms with Crippen LogP contribution in [0, 0.1) is 13.0 Å². The number of rotatable bonds is 0. The van der Waals surface area contributed by atoms with Crippen LogP contribution < -0.4 is 0 Å². The van der Waals surface area contributed by atoms with Crippen LogP contribution in [0.1, 0.15) is 20.8 Å². The van der Waals surface area contributed by atoms with E-state index in [1.165, 1.54) is 0 Å². The first kappa shape index (κ1) is 15.5. The van der Waals surface area contributed by atoms with E-state index >= 15 is 0 Å². The van der Waals surface area contributed by atoms with Crippen LogP contribution in [0.15, 0.2) is 18.4 Å². The van der Waals surface area contributed by atoms with Crippen LogP contribution in [0.2, 0.25) is 0 Å². The van der Waals surface area contributed by atoms with Crippen LogP contribution in [0.4, 0.5) is 0 Å². The Hall–Kier alpha value is 0.0539. The van der Waals surface area contributed by atoms with E-state index in [1.807, 2.05) is 13.0 Å². The molecule has 0 N–H and O–H groups in total. The number of allylic oxidation sites excluding steroid dienone is 2. The first-order valence-corrected chi connectivity index (χ1v) is 3.97. The van der Waals surface area contributed by atoms with Crippen LogP contribution in [0.25, 0.3) is 0 Å². The van der Waals surface area contributed by atoms with Crippen LogP contribution in [-0.4, -0.2) is 16.8 Å². The van der Waals surface area contributed by atoms with E-state index in [1.54, 1.807) is 31.0 Å². The molecule has 0 bridgehead atoms. The zero-order valence-corrected chi connectivity index (χ0v) is 11.3. The van der Waals surface area contributed by atoms with Gasteiger partial charge in [-0.1, -0.05) is 0 Å². The Morgan fingerprint density at radius 3 is 2.38 bits per heavy atom. The fourth-order valence-corrected chi connectivity index (χ4v) is 0.926. The molecular formula is C10H15NOY+. The molecular weight excluding hydrogens is 239 g/mol.